The second-order valence-electron chi connectivity index (χ2n) is 6.27. The van der Waals surface area contributed by atoms with Crippen LogP contribution in [0.15, 0.2) is 22.7 Å². The summed E-state index contributed by atoms with van der Waals surface area (Å²) < 4.78 is 1.01. The van der Waals surface area contributed by atoms with Crippen LogP contribution in [0.3, 0.4) is 0 Å². The van der Waals surface area contributed by atoms with E-state index in [1.54, 1.807) is 0 Å². The smallest absolute Gasteiger partial charge is 0.254 e. The zero-order chi connectivity index (χ0) is 14.8. The first-order valence-corrected chi connectivity index (χ1v) is 8.74. The molecule has 2 saturated heterocycles. The average molecular weight is 351 g/mol. The van der Waals surface area contributed by atoms with Crippen molar-refractivity contribution in [2.45, 2.75) is 38.6 Å². The van der Waals surface area contributed by atoms with E-state index in [-0.39, 0.29) is 5.91 Å². The summed E-state index contributed by atoms with van der Waals surface area (Å²) in [5.41, 5.74) is 1.88. The van der Waals surface area contributed by atoms with E-state index < -0.39 is 0 Å². The van der Waals surface area contributed by atoms with Crippen LogP contribution in [0.2, 0.25) is 0 Å². The molecule has 1 aromatic rings. The van der Waals surface area contributed by atoms with Gasteiger partial charge >= 0.3 is 0 Å². The first-order valence-electron chi connectivity index (χ1n) is 7.94. The first kappa shape index (κ1) is 15.0. The van der Waals surface area contributed by atoms with E-state index in [0.717, 1.165) is 41.7 Å². The molecule has 0 bridgehead atoms. The third-order valence-electron chi connectivity index (χ3n) is 4.91. The van der Waals surface area contributed by atoms with Crippen LogP contribution >= 0.6 is 15.9 Å². The Kier molecular flexibility index (Phi) is 4.65. The van der Waals surface area contributed by atoms with Gasteiger partial charge in [-0.1, -0.05) is 22.0 Å². The molecule has 114 valence electrons. The molecular weight excluding hydrogens is 328 g/mol. The highest BCUT2D eigenvalue weighted by Gasteiger charge is 2.31. The number of rotatable bonds is 2. The van der Waals surface area contributed by atoms with Crippen molar-refractivity contribution < 1.29 is 4.79 Å². The quantitative estimate of drug-likeness (QED) is 0.886. The van der Waals surface area contributed by atoms with Crippen LogP contribution in [-0.4, -0.2) is 36.5 Å². The largest absolute Gasteiger partial charge is 0.338 e. The Morgan fingerprint density at radius 3 is 2.95 bits per heavy atom. The molecule has 2 atom stereocenters. The number of benzene rings is 1. The van der Waals surface area contributed by atoms with Crippen LogP contribution in [0.1, 0.15) is 41.6 Å². The molecule has 2 unspecified atom stereocenters. The maximum atomic E-state index is 12.8. The number of nitrogens with one attached hydrogen (secondary N) is 1. The van der Waals surface area contributed by atoms with Crippen molar-refractivity contribution in [1.82, 2.24) is 10.2 Å². The number of likely N-dealkylation sites (tertiary alicyclic amines) is 1. The molecular formula is C17H23BrN2O. The van der Waals surface area contributed by atoms with Gasteiger partial charge in [0.05, 0.1) is 0 Å². The Balaban J connectivity index is 1.73. The minimum Gasteiger partial charge on any atom is -0.338 e. The van der Waals surface area contributed by atoms with E-state index >= 15 is 0 Å². The Morgan fingerprint density at radius 1 is 1.33 bits per heavy atom. The van der Waals surface area contributed by atoms with E-state index in [1.165, 1.54) is 19.3 Å². The molecule has 2 aliphatic rings. The van der Waals surface area contributed by atoms with Crippen LogP contribution in [-0.2, 0) is 0 Å². The lowest BCUT2D eigenvalue weighted by molar-refractivity contribution is 0.0650. The number of piperidine rings is 1. The molecule has 1 amide bonds. The molecule has 4 heteroatoms. The second-order valence-corrected chi connectivity index (χ2v) is 7.12. The monoisotopic (exact) mass is 350 g/mol. The Morgan fingerprint density at radius 2 is 2.19 bits per heavy atom. The standard InChI is InChI=1S/C17H23BrN2O/c1-12-14(6-2-7-15(12)18)17(21)20-10-4-5-13(11-20)16-8-3-9-19-16/h2,6-7,13,16,19H,3-5,8-11H2,1H3. The van der Waals surface area contributed by atoms with Crippen LogP contribution in [0, 0.1) is 12.8 Å². The van der Waals surface area contributed by atoms with Crippen LogP contribution in [0.5, 0.6) is 0 Å². The zero-order valence-corrected chi connectivity index (χ0v) is 14.2. The summed E-state index contributed by atoms with van der Waals surface area (Å²) in [6.07, 6.45) is 4.92. The fourth-order valence-corrected chi connectivity index (χ4v) is 4.01. The molecule has 21 heavy (non-hydrogen) atoms. The number of carbonyl (C=O) groups excluding carboxylic acids is 1. The predicted molar refractivity (Wildman–Crippen MR) is 88.5 cm³/mol. The Labute approximate surface area is 135 Å². The summed E-state index contributed by atoms with van der Waals surface area (Å²) in [4.78, 5) is 14.9. The van der Waals surface area contributed by atoms with Gasteiger partial charge in [0.1, 0.15) is 0 Å². The third-order valence-corrected chi connectivity index (χ3v) is 5.77. The molecule has 0 aliphatic carbocycles. The molecule has 3 nitrogen and oxygen atoms in total. The number of hydrogen-bond donors (Lipinski definition) is 1. The minimum absolute atomic E-state index is 0.191. The zero-order valence-electron chi connectivity index (χ0n) is 12.6. The fourth-order valence-electron chi connectivity index (χ4n) is 3.65. The number of nitrogens with zero attached hydrogens (tertiary/aromatic N) is 1. The number of halogens is 1. The van der Waals surface area contributed by atoms with Gasteiger partial charge in [0.2, 0.25) is 0 Å². The summed E-state index contributed by atoms with van der Waals surface area (Å²) in [6.45, 7) is 4.95. The molecule has 0 aromatic heterocycles. The summed E-state index contributed by atoms with van der Waals surface area (Å²) in [6, 6.07) is 6.50. The van der Waals surface area contributed by atoms with E-state index in [1.807, 2.05) is 25.1 Å². The third kappa shape index (κ3) is 3.16. The normalized spacial score (nSPS) is 26.1. The number of amides is 1. The van der Waals surface area contributed by atoms with Gasteiger partial charge in [0.15, 0.2) is 0 Å². The summed E-state index contributed by atoms with van der Waals surface area (Å²) in [5, 5.41) is 3.60. The van der Waals surface area contributed by atoms with Crippen molar-refractivity contribution in [2.75, 3.05) is 19.6 Å². The van der Waals surface area contributed by atoms with Crippen molar-refractivity contribution in [3.8, 4) is 0 Å². The lowest BCUT2D eigenvalue weighted by Gasteiger charge is -2.36. The van der Waals surface area contributed by atoms with Crippen molar-refractivity contribution >= 4 is 21.8 Å². The van der Waals surface area contributed by atoms with E-state index in [4.69, 9.17) is 0 Å². The second kappa shape index (κ2) is 6.49. The summed E-state index contributed by atoms with van der Waals surface area (Å²) in [5.74, 6) is 0.814. The SMILES string of the molecule is Cc1c(Br)cccc1C(=O)N1CCCC(C2CCCN2)C1. The lowest BCUT2D eigenvalue weighted by Crippen LogP contribution is -2.46. The van der Waals surface area contributed by atoms with Gasteiger partial charge in [-0.05, 0) is 62.8 Å². The molecule has 2 heterocycles. The highest BCUT2D eigenvalue weighted by molar-refractivity contribution is 9.10. The van der Waals surface area contributed by atoms with E-state index in [0.29, 0.717) is 12.0 Å². The molecule has 1 N–H and O–H groups in total. The molecule has 1 aromatic carbocycles. The lowest BCUT2D eigenvalue weighted by atomic mass is 9.89. The van der Waals surface area contributed by atoms with Gasteiger partial charge in [-0.25, -0.2) is 0 Å². The van der Waals surface area contributed by atoms with E-state index in [9.17, 15) is 4.79 Å². The molecule has 0 spiro atoms. The van der Waals surface area contributed by atoms with Gasteiger partial charge < -0.3 is 10.2 Å². The number of carbonyl (C=O) groups is 1. The van der Waals surface area contributed by atoms with Gasteiger partial charge in [-0.2, -0.15) is 0 Å². The molecule has 3 rings (SSSR count). The van der Waals surface area contributed by atoms with E-state index in [2.05, 4.69) is 26.1 Å². The van der Waals surface area contributed by atoms with Crippen molar-refractivity contribution in [3.05, 3.63) is 33.8 Å². The Bertz CT molecular complexity index is 526. The van der Waals surface area contributed by atoms with Crippen molar-refractivity contribution in [3.63, 3.8) is 0 Å². The van der Waals surface area contributed by atoms with Crippen molar-refractivity contribution in [2.24, 2.45) is 5.92 Å². The minimum atomic E-state index is 0.191. The highest BCUT2D eigenvalue weighted by Crippen LogP contribution is 2.27. The van der Waals surface area contributed by atoms with Crippen LogP contribution < -0.4 is 5.32 Å². The van der Waals surface area contributed by atoms with Crippen LogP contribution in [0.25, 0.3) is 0 Å². The van der Waals surface area contributed by atoms with Crippen molar-refractivity contribution in [1.29, 1.82) is 0 Å². The van der Waals surface area contributed by atoms with Gasteiger partial charge in [-0.3, -0.25) is 4.79 Å². The average Bonchev–Trinajstić information content (AvgIpc) is 3.04. The van der Waals surface area contributed by atoms with Gasteiger partial charge in [-0.15, -0.1) is 0 Å². The molecule has 2 aliphatic heterocycles. The molecule has 0 saturated carbocycles. The molecule has 2 fully saturated rings. The van der Waals surface area contributed by atoms with Crippen LogP contribution in [0.4, 0.5) is 0 Å². The summed E-state index contributed by atoms with van der Waals surface area (Å²) >= 11 is 3.52. The summed E-state index contributed by atoms with van der Waals surface area (Å²) in [7, 11) is 0. The number of hydrogen-bond acceptors (Lipinski definition) is 2. The predicted octanol–water partition coefficient (Wildman–Crippen LogP) is 3.36. The topological polar surface area (TPSA) is 32.3 Å². The highest BCUT2D eigenvalue weighted by atomic mass is 79.9. The maximum absolute atomic E-state index is 12.8. The Hall–Kier alpha value is -0.870. The fraction of sp³-hybridized carbons (Fsp3) is 0.588. The maximum Gasteiger partial charge on any atom is 0.254 e. The van der Waals surface area contributed by atoms with Gasteiger partial charge in [0.25, 0.3) is 5.91 Å². The first-order chi connectivity index (χ1) is 10.2. The molecule has 0 radical (unpaired) electrons. The van der Waals surface area contributed by atoms with Gasteiger partial charge in [0, 0.05) is 29.2 Å².